The molecule has 25 heavy (non-hydrogen) atoms. The van der Waals surface area contributed by atoms with Gasteiger partial charge in [-0.15, -0.1) is 22.7 Å². The highest BCUT2D eigenvalue weighted by Gasteiger charge is 2.16. The molecule has 2 heterocycles. The van der Waals surface area contributed by atoms with Gasteiger partial charge in [0.1, 0.15) is 9.88 Å². The van der Waals surface area contributed by atoms with Crippen molar-refractivity contribution in [1.82, 2.24) is 10.3 Å². The number of nitrogens with one attached hydrogen (secondary N) is 2. The van der Waals surface area contributed by atoms with E-state index in [0.29, 0.717) is 17.1 Å². The fourth-order valence-electron chi connectivity index (χ4n) is 2.22. The average Bonchev–Trinajstić information content (AvgIpc) is 3.23. The molecule has 6 nitrogen and oxygen atoms in total. The van der Waals surface area contributed by atoms with Crippen molar-refractivity contribution in [1.29, 1.82) is 0 Å². The zero-order valence-corrected chi connectivity index (χ0v) is 15.0. The van der Waals surface area contributed by atoms with Crippen LogP contribution in [0.15, 0.2) is 41.8 Å². The lowest BCUT2D eigenvalue weighted by Gasteiger charge is -2.06. The fourth-order valence-corrected chi connectivity index (χ4v) is 4.00. The lowest BCUT2D eigenvalue weighted by Crippen LogP contribution is -2.22. The molecular weight excluding hydrogens is 356 g/mol. The molecule has 0 saturated heterocycles. The number of hydrogen-bond acceptors (Lipinski definition) is 5. The second-order valence-electron chi connectivity index (χ2n) is 5.28. The van der Waals surface area contributed by atoms with Crippen LogP contribution in [0.1, 0.15) is 20.9 Å². The predicted octanol–water partition coefficient (Wildman–Crippen LogP) is 3.60. The minimum absolute atomic E-state index is 0.142. The number of aryl methyl sites for hydroxylation is 1. The van der Waals surface area contributed by atoms with Crippen molar-refractivity contribution in [3.63, 3.8) is 0 Å². The maximum Gasteiger partial charge on any atom is 0.316 e. The molecule has 3 amide bonds. The van der Waals surface area contributed by atoms with E-state index < -0.39 is 6.03 Å². The summed E-state index contributed by atoms with van der Waals surface area (Å²) < 4.78 is 0. The molecule has 4 N–H and O–H groups in total. The number of hydrogen-bond donors (Lipinski definition) is 3. The van der Waals surface area contributed by atoms with Gasteiger partial charge in [-0.3, -0.25) is 4.79 Å². The van der Waals surface area contributed by atoms with Gasteiger partial charge in [0.15, 0.2) is 0 Å². The minimum Gasteiger partial charge on any atom is -0.351 e. The Bertz CT molecular complexity index is 886. The highest BCUT2D eigenvalue weighted by molar-refractivity contribution is 7.22. The van der Waals surface area contributed by atoms with Crippen LogP contribution in [-0.2, 0) is 6.54 Å². The van der Waals surface area contributed by atoms with Crippen LogP contribution >= 0.6 is 22.7 Å². The van der Waals surface area contributed by atoms with Gasteiger partial charge in [0.2, 0.25) is 0 Å². The van der Waals surface area contributed by atoms with E-state index in [1.165, 1.54) is 11.3 Å². The standard InChI is InChI=1S/C17H16N4O2S2/c1-10-14(25-16(20-10)13-3-2-8-24-13)15(22)19-9-11-4-6-12(7-5-11)21-17(18)23/h2-8H,9H2,1H3,(H,19,22)(H3,18,21,23). The molecular formula is C17H16N4O2S2. The molecule has 2 aromatic heterocycles. The average molecular weight is 372 g/mol. The van der Waals surface area contributed by atoms with Gasteiger partial charge in [0.05, 0.1) is 10.6 Å². The number of benzene rings is 1. The van der Waals surface area contributed by atoms with Gasteiger partial charge in [-0.25, -0.2) is 9.78 Å². The summed E-state index contributed by atoms with van der Waals surface area (Å²) in [6, 6.07) is 10.5. The van der Waals surface area contributed by atoms with Crippen molar-refractivity contribution in [3.8, 4) is 9.88 Å². The van der Waals surface area contributed by atoms with E-state index in [2.05, 4.69) is 15.6 Å². The van der Waals surface area contributed by atoms with E-state index in [1.807, 2.05) is 36.6 Å². The number of nitrogens with two attached hydrogens (primary N) is 1. The van der Waals surface area contributed by atoms with E-state index in [4.69, 9.17) is 5.73 Å². The molecule has 3 rings (SSSR count). The van der Waals surface area contributed by atoms with Crippen LogP contribution in [0.3, 0.4) is 0 Å². The molecule has 1 aromatic carbocycles. The topological polar surface area (TPSA) is 97.1 Å². The van der Waals surface area contributed by atoms with E-state index in [0.717, 1.165) is 21.1 Å². The summed E-state index contributed by atoms with van der Waals surface area (Å²) in [5.41, 5.74) is 7.33. The molecule has 8 heteroatoms. The van der Waals surface area contributed by atoms with Crippen LogP contribution in [0.5, 0.6) is 0 Å². The first-order valence-corrected chi connectivity index (χ1v) is 9.17. The number of thiophene rings is 1. The summed E-state index contributed by atoms with van der Waals surface area (Å²) in [7, 11) is 0. The third kappa shape index (κ3) is 4.23. The maximum absolute atomic E-state index is 12.4. The molecule has 0 atom stereocenters. The summed E-state index contributed by atoms with van der Waals surface area (Å²) >= 11 is 3.00. The van der Waals surface area contributed by atoms with Crippen LogP contribution in [-0.4, -0.2) is 16.9 Å². The van der Waals surface area contributed by atoms with Crippen LogP contribution in [0.2, 0.25) is 0 Å². The predicted molar refractivity (Wildman–Crippen MR) is 101 cm³/mol. The Balaban J connectivity index is 1.64. The molecule has 0 radical (unpaired) electrons. The number of rotatable bonds is 5. The highest BCUT2D eigenvalue weighted by atomic mass is 32.1. The van der Waals surface area contributed by atoms with Crippen molar-refractivity contribution >= 4 is 40.3 Å². The van der Waals surface area contributed by atoms with Crippen LogP contribution in [0, 0.1) is 6.92 Å². The minimum atomic E-state index is -0.608. The normalized spacial score (nSPS) is 10.4. The molecule has 0 unspecified atom stereocenters. The Morgan fingerprint density at radius 1 is 1.20 bits per heavy atom. The van der Waals surface area contributed by atoms with Crippen molar-refractivity contribution in [2.24, 2.45) is 5.73 Å². The third-order valence-electron chi connectivity index (χ3n) is 3.41. The van der Waals surface area contributed by atoms with Crippen LogP contribution < -0.4 is 16.4 Å². The Hall–Kier alpha value is -2.71. The van der Waals surface area contributed by atoms with Gasteiger partial charge in [-0.2, -0.15) is 0 Å². The molecule has 0 saturated carbocycles. The van der Waals surface area contributed by atoms with E-state index >= 15 is 0 Å². The van der Waals surface area contributed by atoms with Gasteiger partial charge < -0.3 is 16.4 Å². The second-order valence-corrected chi connectivity index (χ2v) is 7.23. The summed E-state index contributed by atoms with van der Waals surface area (Å²) in [5, 5.41) is 8.24. The first-order chi connectivity index (χ1) is 12.0. The zero-order chi connectivity index (χ0) is 17.8. The lowest BCUT2D eigenvalue weighted by atomic mass is 10.2. The number of carbonyl (C=O) groups excluding carboxylic acids is 2. The van der Waals surface area contributed by atoms with Gasteiger partial charge in [-0.05, 0) is 36.1 Å². The molecule has 0 aliphatic carbocycles. The van der Waals surface area contributed by atoms with E-state index in [-0.39, 0.29) is 5.91 Å². The first-order valence-electron chi connectivity index (χ1n) is 7.48. The van der Waals surface area contributed by atoms with Gasteiger partial charge >= 0.3 is 6.03 Å². The second kappa shape index (κ2) is 7.45. The van der Waals surface area contributed by atoms with Crippen molar-refractivity contribution < 1.29 is 9.59 Å². The summed E-state index contributed by atoms with van der Waals surface area (Å²) in [6.07, 6.45) is 0. The SMILES string of the molecule is Cc1nc(-c2cccs2)sc1C(=O)NCc1ccc(NC(N)=O)cc1. The fraction of sp³-hybridized carbons (Fsp3) is 0.118. The smallest absolute Gasteiger partial charge is 0.316 e. The molecule has 0 spiro atoms. The van der Waals surface area contributed by atoms with Crippen molar-refractivity contribution in [3.05, 3.63) is 57.9 Å². The highest BCUT2D eigenvalue weighted by Crippen LogP contribution is 2.31. The maximum atomic E-state index is 12.4. The van der Waals surface area contributed by atoms with Crippen molar-refractivity contribution in [2.45, 2.75) is 13.5 Å². The number of carbonyl (C=O) groups is 2. The number of urea groups is 1. The number of nitrogens with zero attached hydrogens (tertiary/aromatic N) is 1. The summed E-state index contributed by atoms with van der Waals surface area (Å²) in [4.78, 5) is 29.4. The number of anilines is 1. The monoisotopic (exact) mass is 372 g/mol. The Labute approximate surface area is 152 Å². The number of primary amides is 1. The quantitative estimate of drug-likeness (QED) is 0.638. The Kier molecular flexibility index (Phi) is 5.11. The van der Waals surface area contributed by atoms with E-state index in [1.54, 1.807) is 23.5 Å². The number of amides is 3. The van der Waals surface area contributed by atoms with Gasteiger partial charge in [-0.1, -0.05) is 18.2 Å². The largest absolute Gasteiger partial charge is 0.351 e. The summed E-state index contributed by atoms with van der Waals surface area (Å²) in [5.74, 6) is -0.142. The molecule has 0 aliphatic rings. The van der Waals surface area contributed by atoms with Gasteiger partial charge in [0.25, 0.3) is 5.91 Å². The van der Waals surface area contributed by atoms with Crippen LogP contribution in [0.25, 0.3) is 9.88 Å². The Morgan fingerprint density at radius 2 is 1.96 bits per heavy atom. The van der Waals surface area contributed by atoms with Crippen molar-refractivity contribution in [2.75, 3.05) is 5.32 Å². The zero-order valence-electron chi connectivity index (χ0n) is 13.4. The number of aromatic nitrogens is 1. The van der Waals surface area contributed by atoms with E-state index in [9.17, 15) is 9.59 Å². The lowest BCUT2D eigenvalue weighted by molar-refractivity contribution is 0.0954. The van der Waals surface area contributed by atoms with Gasteiger partial charge in [0, 0.05) is 12.2 Å². The molecule has 128 valence electrons. The third-order valence-corrected chi connectivity index (χ3v) is 5.60. The number of thiazole rings is 1. The van der Waals surface area contributed by atoms with Crippen LogP contribution in [0.4, 0.5) is 10.5 Å². The first kappa shape index (κ1) is 17.1. The molecule has 0 bridgehead atoms. The summed E-state index contributed by atoms with van der Waals surface area (Å²) in [6.45, 7) is 2.23. The molecule has 0 aliphatic heterocycles. The molecule has 3 aromatic rings. The Morgan fingerprint density at radius 3 is 2.60 bits per heavy atom. The molecule has 0 fully saturated rings.